The molecule has 2 atom stereocenters. The summed E-state index contributed by atoms with van der Waals surface area (Å²) >= 11 is 0. The summed E-state index contributed by atoms with van der Waals surface area (Å²) < 4.78 is 11.6. The summed E-state index contributed by atoms with van der Waals surface area (Å²) in [6, 6.07) is 0.521. The summed E-state index contributed by atoms with van der Waals surface area (Å²) in [6.07, 6.45) is 4.90. The van der Waals surface area contributed by atoms with E-state index in [1.165, 1.54) is 25.8 Å². The quantitative estimate of drug-likeness (QED) is 0.702. The van der Waals surface area contributed by atoms with Crippen LogP contribution in [-0.2, 0) is 10.8 Å². The number of carbonyl (C=O) groups excluding carboxylic acids is 1. The van der Waals surface area contributed by atoms with E-state index in [9.17, 15) is 9.00 Å². The van der Waals surface area contributed by atoms with Crippen LogP contribution in [0.25, 0.3) is 0 Å². The molecular weight excluding hydrogens is 298 g/mol. The molecule has 0 aromatic heterocycles. The largest absolute Gasteiger partial charge is 0.338 e. The van der Waals surface area contributed by atoms with Crippen molar-refractivity contribution in [3.63, 3.8) is 0 Å². The SMILES string of the molecule is CC1CCCCN1CCCNC(=O)NCCS(=O)C(C)(C)C. The Kier molecular flexibility index (Phi) is 8.39. The van der Waals surface area contributed by atoms with Crippen molar-refractivity contribution in [2.75, 3.05) is 31.9 Å². The third-order valence-electron chi connectivity index (χ3n) is 4.10. The van der Waals surface area contributed by atoms with Crippen molar-refractivity contribution in [2.24, 2.45) is 0 Å². The summed E-state index contributed by atoms with van der Waals surface area (Å²) in [5, 5.41) is 5.65. The Balaban J connectivity index is 2.05. The predicted octanol–water partition coefficient (Wildman–Crippen LogP) is 2.10. The Labute approximate surface area is 138 Å². The molecule has 130 valence electrons. The number of carbonyl (C=O) groups is 1. The van der Waals surface area contributed by atoms with Gasteiger partial charge in [0.1, 0.15) is 0 Å². The van der Waals surface area contributed by atoms with Crippen LogP contribution in [0.4, 0.5) is 4.79 Å². The number of amides is 2. The molecule has 0 aromatic carbocycles. The monoisotopic (exact) mass is 331 g/mol. The zero-order valence-corrected chi connectivity index (χ0v) is 15.4. The van der Waals surface area contributed by atoms with E-state index in [-0.39, 0.29) is 10.8 Å². The van der Waals surface area contributed by atoms with Gasteiger partial charge in [-0.15, -0.1) is 0 Å². The fraction of sp³-hybridized carbons (Fsp3) is 0.938. The van der Waals surface area contributed by atoms with Crippen LogP contribution in [0.3, 0.4) is 0 Å². The van der Waals surface area contributed by atoms with Gasteiger partial charge < -0.3 is 15.5 Å². The van der Waals surface area contributed by atoms with Crippen molar-refractivity contribution in [3.8, 4) is 0 Å². The molecule has 0 radical (unpaired) electrons. The Hall–Kier alpha value is -0.620. The van der Waals surface area contributed by atoms with Crippen molar-refractivity contribution >= 4 is 16.8 Å². The average molecular weight is 332 g/mol. The number of piperidine rings is 1. The molecule has 0 saturated carbocycles. The van der Waals surface area contributed by atoms with Crippen LogP contribution >= 0.6 is 0 Å². The van der Waals surface area contributed by atoms with Gasteiger partial charge in [0.2, 0.25) is 0 Å². The Morgan fingerprint density at radius 1 is 1.23 bits per heavy atom. The molecule has 1 saturated heterocycles. The van der Waals surface area contributed by atoms with Gasteiger partial charge in [0.25, 0.3) is 0 Å². The first kappa shape index (κ1) is 19.4. The highest BCUT2D eigenvalue weighted by atomic mass is 32.2. The van der Waals surface area contributed by atoms with Crippen molar-refractivity contribution in [1.82, 2.24) is 15.5 Å². The van der Waals surface area contributed by atoms with Crippen LogP contribution in [0, 0.1) is 0 Å². The van der Waals surface area contributed by atoms with Crippen molar-refractivity contribution in [2.45, 2.75) is 64.2 Å². The van der Waals surface area contributed by atoms with Crippen LogP contribution in [-0.4, -0.2) is 57.9 Å². The summed E-state index contributed by atoms with van der Waals surface area (Å²) in [6.45, 7) is 11.5. The minimum Gasteiger partial charge on any atom is -0.338 e. The van der Waals surface area contributed by atoms with Crippen molar-refractivity contribution < 1.29 is 9.00 Å². The summed E-state index contributed by atoms with van der Waals surface area (Å²) in [4.78, 5) is 14.2. The molecule has 5 nitrogen and oxygen atoms in total. The van der Waals surface area contributed by atoms with Crippen LogP contribution in [0.2, 0.25) is 0 Å². The second-order valence-electron chi connectivity index (χ2n) is 7.08. The highest BCUT2D eigenvalue weighted by Gasteiger charge is 2.19. The topological polar surface area (TPSA) is 61.4 Å². The molecule has 0 aromatic rings. The number of nitrogens with one attached hydrogen (secondary N) is 2. The molecule has 6 heteroatoms. The van der Waals surface area contributed by atoms with E-state index >= 15 is 0 Å². The van der Waals surface area contributed by atoms with Gasteiger partial charge in [-0.3, -0.25) is 4.21 Å². The van der Waals surface area contributed by atoms with Crippen LogP contribution in [0.15, 0.2) is 0 Å². The first-order valence-corrected chi connectivity index (χ1v) is 9.77. The third kappa shape index (κ3) is 7.58. The Bertz CT molecular complexity index is 369. The van der Waals surface area contributed by atoms with E-state index in [0.29, 0.717) is 24.9 Å². The van der Waals surface area contributed by atoms with Crippen molar-refractivity contribution in [3.05, 3.63) is 0 Å². The molecule has 2 amide bonds. The van der Waals surface area contributed by atoms with E-state index in [4.69, 9.17) is 0 Å². The summed E-state index contributed by atoms with van der Waals surface area (Å²) in [7, 11) is -0.918. The lowest BCUT2D eigenvalue weighted by molar-refractivity contribution is 0.159. The smallest absolute Gasteiger partial charge is 0.314 e. The Morgan fingerprint density at radius 2 is 1.91 bits per heavy atom. The minimum atomic E-state index is -0.918. The molecule has 1 aliphatic heterocycles. The molecule has 1 fully saturated rings. The van der Waals surface area contributed by atoms with Crippen LogP contribution < -0.4 is 10.6 Å². The molecular formula is C16H33N3O2S. The fourth-order valence-electron chi connectivity index (χ4n) is 2.60. The number of likely N-dealkylation sites (tertiary alicyclic amines) is 1. The zero-order chi connectivity index (χ0) is 16.6. The van der Waals surface area contributed by atoms with Gasteiger partial charge in [-0.25, -0.2) is 4.79 Å². The highest BCUT2D eigenvalue weighted by molar-refractivity contribution is 7.86. The lowest BCUT2D eigenvalue weighted by Crippen LogP contribution is -2.41. The molecule has 2 unspecified atom stereocenters. The standard InChI is InChI=1S/C16H33N3O2S/c1-14-8-5-6-11-19(14)12-7-9-17-15(20)18-10-13-22(21)16(2,3)4/h14H,5-13H2,1-4H3,(H2,17,18,20). The van der Waals surface area contributed by atoms with Gasteiger partial charge in [-0.1, -0.05) is 6.42 Å². The molecule has 0 spiro atoms. The number of hydrogen-bond donors (Lipinski definition) is 2. The number of nitrogens with zero attached hydrogens (tertiary/aromatic N) is 1. The van der Waals surface area contributed by atoms with Gasteiger partial charge in [0.15, 0.2) is 0 Å². The maximum atomic E-state index is 11.8. The molecule has 0 aliphatic carbocycles. The Morgan fingerprint density at radius 3 is 2.55 bits per heavy atom. The van der Waals surface area contributed by atoms with Crippen LogP contribution in [0.5, 0.6) is 0 Å². The first-order valence-electron chi connectivity index (χ1n) is 8.45. The van der Waals surface area contributed by atoms with Gasteiger partial charge in [-0.05, 0) is 53.5 Å². The molecule has 0 bridgehead atoms. The van der Waals surface area contributed by atoms with Gasteiger partial charge in [0, 0.05) is 47.0 Å². The molecule has 22 heavy (non-hydrogen) atoms. The predicted molar refractivity (Wildman–Crippen MR) is 93.7 cm³/mol. The van der Waals surface area contributed by atoms with E-state index in [2.05, 4.69) is 22.5 Å². The van der Waals surface area contributed by atoms with E-state index in [1.54, 1.807) is 0 Å². The molecule has 1 rings (SSSR count). The fourth-order valence-corrected chi connectivity index (χ4v) is 3.50. The number of urea groups is 1. The van der Waals surface area contributed by atoms with E-state index < -0.39 is 10.8 Å². The maximum Gasteiger partial charge on any atom is 0.314 e. The van der Waals surface area contributed by atoms with Gasteiger partial charge in [-0.2, -0.15) is 0 Å². The second-order valence-corrected chi connectivity index (χ2v) is 9.40. The summed E-state index contributed by atoms with van der Waals surface area (Å²) in [5.41, 5.74) is 0. The minimum absolute atomic E-state index is 0.155. The summed E-state index contributed by atoms with van der Waals surface area (Å²) in [5.74, 6) is 0.502. The van der Waals surface area contributed by atoms with Crippen LogP contribution in [0.1, 0.15) is 53.4 Å². The lowest BCUT2D eigenvalue weighted by Gasteiger charge is -2.33. The normalized spacial score (nSPS) is 21.4. The molecule has 2 N–H and O–H groups in total. The van der Waals surface area contributed by atoms with E-state index in [0.717, 1.165) is 13.0 Å². The van der Waals surface area contributed by atoms with E-state index in [1.807, 2.05) is 20.8 Å². The molecule has 1 aliphatic rings. The zero-order valence-electron chi connectivity index (χ0n) is 14.6. The maximum absolute atomic E-state index is 11.8. The number of hydrogen-bond acceptors (Lipinski definition) is 3. The number of rotatable bonds is 7. The van der Waals surface area contributed by atoms with Gasteiger partial charge >= 0.3 is 6.03 Å². The van der Waals surface area contributed by atoms with Gasteiger partial charge in [0.05, 0.1) is 0 Å². The first-order chi connectivity index (χ1) is 10.3. The average Bonchev–Trinajstić information content (AvgIpc) is 2.44. The molecule has 1 heterocycles. The lowest BCUT2D eigenvalue weighted by atomic mass is 10.0. The third-order valence-corrected chi connectivity index (χ3v) is 6.05. The highest BCUT2D eigenvalue weighted by Crippen LogP contribution is 2.16. The van der Waals surface area contributed by atoms with Crippen molar-refractivity contribution in [1.29, 1.82) is 0 Å². The second kappa shape index (κ2) is 9.50.